The van der Waals surface area contributed by atoms with Gasteiger partial charge in [-0.1, -0.05) is 33.6 Å². The number of hydrogen-bond donors (Lipinski definition) is 0. The number of esters is 1. The van der Waals surface area contributed by atoms with Crippen LogP contribution in [0.5, 0.6) is 0 Å². The number of Topliss-reactive ketones (excluding diaryl/α,β-unsaturated/α-hetero) is 2. The Balaban J connectivity index is 2.87. The highest BCUT2D eigenvalue weighted by Gasteiger charge is 2.41. The van der Waals surface area contributed by atoms with Crippen molar-refractivity contribution in [1.29, 1.82) is 0 Å². The van der Waals surface area contributed by atoms with E-state index in [9.17, 15) is 14.4 Å². The normalized spacial score (nSPS) is 24.4. The number of methoxy groups -OCH3 is 1. The van der Waals surface area contributed by atoms with E-state index in [1.165, 1.54) is 7.11 Å². The van der Waals surface area contributed by atoms with E-state index in [0.717, 1.165) is 12.8 Å². The van der Waals surface area contributed by atoms with Crippen LogP contribution in [-0.4, -0.2) is 24.6 Å². The van der Waals surface area contributed by atoms with Crippen molar-refractivity contribution in [2.24, 2.45) is 17.3 Å². The molecule has 0 aromatic carbocycles. The summed E-state index contributed by atoms with van der Waals surface area (Å²) in [6, 6.07) is 0. The van der Waals surface area contributed by atoms with E-state index >= 15 is 0 Å². The predicted octanol–water partition coefficient (Wildman–Crippen LogP) is 2.15. The van der Waals surface area contributed by atoms with Crippen LogP contribution < -0.4 is 0 Å². The third-order valence-corrected chi connectivity index (χ3v) is 3.51. The van der Waals surface area contributed by atoms with E-state index in [0.29, 0.717) is 12.8 Å². The topological polar surface area (TPSA) is 60.4 Å². The van der Waals surface area contributed by atoms with Gasteiger partial charge < -0.3 is 4.74 Å². The molecule has 0 N–H and O–H groups in total. The number of rotatable bonds is 3. The Labute approximate surface area is 108 Å². The minimum Gasteiger partial charge on any atom is -0.469 e. The van der Waals surface area contributed by atoms with Crippen molar-refractivity contribution in [3.05, 3.63) is 0 Å². The zero-order chi connectivity index (χ0) is 13.9. The molecule has 1 saturated carbocycles. The van der Waals surface area contributed by atoms with Gasteiger partial charge in [-0.2, -0.15) is 0 Å². The summed E-state index contributed by atoms with van der Waals surface area (Å²) < 4.78 is 4.73. The first-order chi connectivity index (χ1) is 8.29. The van der Waals surface area contributed by atoms with E-state index in [4.69, 9.17) is 4.74 Å². The lowest BCUT2D eigenvalue weighted by Crippen LogP contribution is -2.40. The predicted molar refractivity (Wildman–Crippen MR) is 66.9 cm³/mol. The zero-order valence-electron chi connectivity index (χ0n) is 11.6. The Hall–Kier alpha value is -1.19. The molecule has 18 heavy (non-hydrogen) atoms. The molecule has 0 amide bonds. The second kappa shape index (κ2) is 5.63. The summed E-state index contributed by atoms with van der Waals surface area (Å²) in [6.45, 7) is 5.18. The van der Waals surface area contributed by atoms with Crippen LogP contribution >= 0.6 is 0 Å². The Kier molecular flexibility index (Phi) is 4.65. The fourth-order valence-electron chi connectivity index (χ4n) is 2.42. The average Bonchev–Trinajstić information content (AvgIpc) is 2.35. The molecule has 102 valence electrons. The van der Waals surface area contributed by atoms with Gasteiger partial charge in [0, 0.05) is 11.3 Å². The number of ether oxygens (including phenoxy) is 1. The summed E-state index contributed by atoms with van der Waals surface area (Å²) in [5.74, 6) is -2.09. The van der Waals surface area contributed by atoms with Crippen molar-refractivity contribution in [2.45, 2.75) is 46.5 Å². The zero-order valence-corrected chi connectivity index (χ0v) is 11.6. The van der Waals surface area contributed by atoms with E-state index in [1.54, 1.807) is 20.8 Å². The van der Waals surface area contributed by atoms with Crippen LogP contribution in [0.3, 0.4) is 0 Å². The van der Waals surface area contributed by atoms with Gasteiger partial charge in [0.2, 0.25) is 11.6 Å². The van der Waals surface area contributed by atoms with Crippen LogP contribution in [0.25, 0.3) is 0 Å². The van der Waals surface area contributed by atoms with Crippen LogP contribution in [0.4, 0.5) is 0 Å². The van der Waals surface area contributed by atoms with Crippen LogP contribution in [0, 0.1) is 17.3 Å². The van der Waals surface area contributed by atoms with E-state index in [1.807, 2.05) is 0 Å². The van der Waals surface area contributed by atoms with E-state index in [-0.39, 0.29) is 11.8 Å². The molecule has 0 bridgehead atoms. The summed E-state index contributed by atoms with van der Waals surface area (Å²) in [5.41, 5.74) is -0.685. The second-order valence-electron chi connectivity index (χ2n) is 5.96. The highest BCUT2D eigenvalue weighted by atomic mass is 16.5. The first-order valence-electron chi connectivity index (χ1n) is 6.45. The smallest absolute Gasteiger partial charge is 0.309 e. The third-order valence-electron chi connectivity index (χ3n) is 3.51. The fraction of sp³-hybridized carbons (Fsp3) is 0.786. The number of hydrogen-bond acceptors (Lipinski definition) is 4. The molecule has 0 saturated heterocycles. The molecular formula is C14H22O4. The van der Waals surface area contributed by atoms with Gasteiger partial charge in [-0.15, -0.1) is 0 Å². The van der Waals surface area contributed by atoms with Crippen LogP contribution in [0.2, 0.25) is 0 Å². The van der Waals surface area contributed by atoms with Crippen molar-refractivity contribution in [3.8, 4) is 0 Å². The summed E-state index contributed by atoms with van der Waals surface area (Å²) in [4.78, 5) is 35.9. The van der Waals surface area contributed by atoms with Gasteiger partial charge in [0.15, 0.2) is 0 Å². The molecule has 1 rings (SSSR count). The maximum absolute atomic E-state index is 12.2. The lowest BCUT2D eigenvalue weighted by atomic mass is 9.73. The van der Waals surface area contributed by atoms with Crippen molar-refractivity contribution in [1.82, 2.24) is 0 Å². The summed E-state index contributed by atoms with van der Waals surface area (Å²) in [6.07, 6.45) is 3.05. The van der Waals surface area contributed by atoms with Gasteiger partial charge in [-0.05, 0) is 12.8 Å². The maximum Gasteiger partial charge on any atom is 0.309 e. The highest BCUT2D eigenvalue weighted by molar-refractivity contribution is 6.40. The molecule has 1 aliphatic rings. The van der Waals surface area contributed by atoms with Crippen molar-refractivity contribution < 1.29 is 19.1 Å². The molecule has 4 nitrogen and oxygen atoms in total. The van der Waals surface area contributed by atoms with Gasteiger partial charge >= 0.3 is 5.97 Å². The standard InChI is InChI=1S/C14H22O4/c1-14(2,3)12(16)11(15)9-7-5-6-8-10(9)13(17)18-4/h9-10H,5-8H2,1-4H3/t9?,10-/m1/s1. The number of ketones is 2. The second-order valence-corrected chi connectivity index (χ2v) is 5.96. The molecular weight excluding hydrogens is 232 g/mol. The first kappa shape index (κ1) is 14.9. The van der Waals surface area contributed by atoms with Gasteiger partial charge in [0.1, 0.15) is 0 Å². The minimum atomic E-state index is -0.685. The molecule has 0 aromatic heterocycles. The number of carbonyl (C=O) groups excluding carboxylic acids is 3. The molecule has 4 heteroatoms. The molecule has 0 spiro atoms. The van der Waals surface area contributed by atoms with Crippen molar-refractivity contribution in [2.75, 3.05) is 7.11 Å². The highest BCUT2D eigenvalue weighted by Crippen LogP contribution is 2.33. The average molecular weight is 254 g/mol. The maximum atomic E-state index is 12.2. The summed E-state index contributed by atoms with van der Waals surface area (Å²) in [7, 11) is 1.32. The minimum absolute atomic E-state index is 0.366. The summed E-state index contributed by atoms with van der Waals surface area (Å²) in [5, 5.41) is 0. The Morgan fingerprint density at radius 1 is 1.00 bits per heavy atom. The van der Waals surface area contributed by atoms with Crippen LogP contribution in [-0.2, 0) is 19.1 Å². The van der Waals surface area contributed by atoms with Gasteiger partial charge in [0.05, 0.1) is 13.0 Å². The SMILES string of the molecule is COC(=O)[C@@H]1CCCCC1C(=O)C(=O)C(C)(C)C. The lowest BCUT2D eigenvalue weighted by molar-refractivity contribution is -0.154. The number of carbonyl (C=O) groups is 3. The van der Waals surface area contributed by atoms with E-state index in [2.05, 4.69) is 0 Å². The van der Waals surface area contributed by atoms with Gasteiger partial charge in [-0.25, -0.2) is 0 Å². The molecule has 0 heterocycles. The molecule has 2 atom stereocenters. The fourth-order valence-corrected chi connectivity index (χ4v) is 2.42. The Morgan fingerprint density at radius 2 is 1.50 bits per heavy atom. The van der Waals surface area contributed by atoms with Crippen LogP contribution in [0.15, 0.2) is 0 Å². The van der Waals surface area contributed by atoms with Gasteiger partial charge in [-0.3, -0.25) is 14.4 Å². The quantitative estimate of drug-likeness (QED) is 0.572. The largest absolute Gasteiger partial charge is 0.469 e. The molecule has 1 fully saturated rings. The van der Waals surface area contributed by atoms with Crippen LogP contribution in [0.1, 0.15) is 46.5 Å². The summed E-state index contributed by atoms with van der Waals surface area (Å²) >= 11 is 0. The monoisotopic (exact) mass is 254 g/mol. The first-order valence-corrected chi connectivity index (χ1v) is 6.45. The third kappa shape index (κ3) is 3.18. The lowest BCUT2D eigenvalue weighted by Gasteiger charge is -2.29. The molecule has 1 aliphatic carbocycles. The molecule has 0 aliphatic heterocycles. The van der Waals surface area contributed by atoms with Gasteiger partial charge in [0.25, 0.3) is 0 Å². The van der Waals surface area contributed by atoms with E-state index < -0.39 is 23.0 Å². The molecule has 0 radical (unpaired) electrons. The Bertz CT molecular complexity index is 351. The molecule has 0 aromatic rings. The Morgan fingerprint density at radius 3 is 1.94 bits per heavy atom. The van der Waals surface area contributed by atoms with Crippen molar-refractivity contribution in [3.63, 3.8) is 0 Å². The molecule has 1 unspecified atom stereocenters. The van der Waals surface area contributed by atoms with Crippen molar-refractivity contribution >= 4 is 17.5 Å².